The van der Waals surface area contributed by atoms with E-state index < -0.39 is 0 Å². The van der Waals surface area contributed by atoms with Crippen LogP contribution in [0.2, 0.25) is 0 Å². The van der Waals surface area contributed by atoms with Gasteiger partial charge in [0.1, 0.15) is 6.26 Å². The van der Waals surface area contributed by atoms with E-state index in [1.165, 1.54) is 6.26 Å². The molecule has 1 aromatic heterocycles. The molecular formula is C25H43N5O4. The lowest BCUT2D eigenvalue weighted by molar-refractivity contribution is -0.136. The Kier molecular flexibility index (Phi) is 10.3. The minimum atomic E-state index is -0.247. The van der Waals surface area contributed by atoms with E-state index in [2.05, 4.69) is 21.7 Å². The summed E-state index contributed by atoms with van der Waals surface area (Å²) in [6.07, 6.45) is 5.90. The van der Waals surface area contributed by atoms with Crippen molar-refractivity contribution in [3.63, 3.8) is 0 Å². The third kappa shape index (κ3) is 7.26. The fraction of sp³-hybridized carbons (Fsp3) is 0.800. The summed E-state index contributed by atoms with van der Waals surface area (Å²) in [5.41, 5.74) is 0.323. The number of piperidine rings is 1. The third-order valence-corrected chi connectivity index (χ3v) is 7.09. The normalized spacial score (nSPS) is 20.9. The fourth-order valence-electron chi connectivity index (χ4n) is 4.95. The van der Waals surface area contributed by atoms with Crippen LogP contribution in [0.3, 0.4) is 0 Å². The van der Waals surface area contributed by atoms with Crippen molar-refractivity contribution >= 4 is 11.8 Å². The summed E-state index contributed by atoms with van der Waals surface area (Å²) >= 11 is 0. The second-order valence-electron chi connectivity index (χ2n) is 9.60. The molecule has 1 N–H and O–H groups in total. The summed E-state index contributed by atoms with van der Waals surface area (Å²) in [5.74, 6) is 0.395. The van der Waals surface area contributed by atoms with E-state index in [4.69, 9.17) is 4.42 Å². The van der Waals surface area contributed by atoms with Gasteiger partial charge in [-0.05, 0) is 33.1 Å². The van der Waals surface area contributed by atoms with Gasteiger partial charge < -0.3 is 19.3 Å². The average Bonchev–Trinajstić information content (AvgIpc) is 3.32. The molecule has 1 aromatic rings. The molecule has 2 amide bonds. The Labute approximate surface area is 204 Å². The number of likely N-dealkylation sites (tertiary alicyclic amines) is 1. The molecular weight excluding hydrogens is 434 g/mol. The largest absolute Gasteiger partial charge is 0.447 e. The first-order valence-corrected chi connectivity index (χ1v) is 13.1. The smallest absolute Gasteiger partial charge is 0.275 e. The summed E-state index contributed by atoms with van der Waals surface area (Å²) in [4.78, 5) is 38.4. The molecule has 2 saturated heterocycles. The third-order valence-electron chi connectivity index (χ3n) is 7.09. The lowest BCUT2D eigenvalue weighted by atomic mass is 9.96. The lowest BCUT2D eigenvalue weighted by Gasteiger charge is -2.35. The molecule has 9 nitrogen and oxygen atoms in total. The first-order chi connectivity index (χ1) is 16.4. The number of rotatable bonds is 11. The molecule has 2 atom stereocenters. The maximum atomic E-state index is 13.0. The molecule has 3 rings (SSSR count). The van der Waals surface area contributed by atoms with Crippen molar-refractivity contribution < 1.29 is 19.1 Å². The van der Waals surface area contributed by atoms with Crippen LogP contribution in [-0.2, 0) is 11.3 Å². The monoisotopic (exact) mass is 477 g/mol. The molecule has 0 saturated carbocycles. The van der Waals surface area contributed by atoms with Crippen LogP contribution in [0.25, 0.3) is 0 Å². The van der Waals surface area contributed by atoms with Crippen LogP contribution in [0.4, 0.5) is 0 Å². The highest BCUT2D eigenvalue weighted by Gasteiger charge is 2.32. The Morgan fingerprint density at radius 2 is 1.85 bits per heavy atom. The van der Waals surface area contributed by atoms with Gasteiger partial charge in [0.2, 0.25) is 11.8 Å². The number of aliphatic hydroxyl groups is 1. The van der Waals surface area contributed by atoms with Crippen LogP contribution in [0, 0.1) is 5.92 Å². The van der Waals surface area contributed by atoms with E-state index >= 15 is 0 Å². The number of unbranched alkanes of at least 4 members (excludes halogenated alkanes) is 1. The summed E-state index contributed by atoms with van der Waals surface area (Å²) in [6, 6.07) is 0. The number of β-amino-alcohol motifs (C(OH)–C–C–N with tert-alkyl or cyclic N) is 1. The van der Waals surface area contributed by atoms with Crippen LogP contribution in [-0.4, -0.2) is 107 Å². The van der Waals surface area contributed by atoms with Crippen molar-refractivity contribution in [2.24, 2.45) is 5.92 Å². The zero-order valence-electron chi connectivity index (χ0n) is 21.2. The zero-order chi connectivity index (χ0) is 24.5. The van der Waals surface area contributed by atoms with Gasteiger partial charge in [-0.3, -0.25) is 19.4 Å². The van der Waals surface area contributed by atoms with Crippen molar-refractivity contribution in [1.82, 2.24) is 24.6 Å². The van der Waals surface area contributed by atoms with Crippen molar-refractivity contribution in [2.45, 2.75) is 65.5 Å². The summed E-state index contributed by atoms with van der Waals surface area (Å²) in [6.45, 7) is 13.5. The Hall–Kier alpha value is -1.97. The van der Waals surface area contributed by atoms with Crippen LogP contribution < -0.4 is 0 Å². The van der Waals surface area contributed by atoms with E-state index in [0.29, 0.717) is 44.3 Å². The molecule has 0 radical (unpaired) electrons. The standard InChI is InChI=1S/C25H43N5O4/c1-4-7-10-21(31)17-27-12-14-28(15-13-27)18-23-26-22(19-34-23)25(33)30-11-8-9-20(16-30)24(32)29(5-2)6-3/h19-21,31H,4-18H2,1-3H3/t20-,21+/m0/s1. The molecule has 0 bridgehead atoms. The van der Waals surface area contributed by atoms with Gasteiger partial charge in [-0.2, -0.15) is 0 Å². The van der Waals surface area contributed by atoms with Crippen LogP contribution >= 0.6 is 0 Å². The van der Waals surface area contributed by atoms with Gasteiger partial charge in [-0.1, -0.05) is 19.8 Å². The highest BCUT2D eigenvalue weighted by Crippen LogP contribution is 2.21. The minimum Gasteiger partial charge on any atom is -0.447 e. The molecule has 34 heavy (non-hydrogen) atoms. The maximum absolute atomic E-state index is 13.0. The van der Waals surface area contributed by atoms with Gasteiger partial charge in [0.05, 0.1) is 18.6 Å². The first kappa shape index (κ1) is 26.6. The zero-order valence-corrected chi connectivity index (χ0v) is 21.2. The molecule has 0 unspecified atom stereocenters. The number of aromatic nitrogens is 1. The molecule has 2 fully saturated rings. The molecule has 0 aromatic carbocycles. The Morgan fingerprint density at radius 1 is 1.15 bits per heavy atom. The highest BCUT2D eigenvalue weighted by molar-refractivity contribution is 5.92. The SMILES string of the molecule is CCCC[C@@H](O)CN1CCN(Cc2nc(C(=O)N3CCC[C@H](C(=O)N(CC)CC)C3)co2)CC1. The quantitative estimate of drug-likeness (QED) is 0.521. The van der Waals surface area contributed by atoms with E-state index in [1.807, 2.05) is 18.7 Å². The second-order valence-corrected chi connectivity index (χ2v) is 9.60. The van der Waals surface area contributed by atoms with E-state index in [9.17, 15) is 14.7 Å². The number of oxazole rings is 1. The summed E-state index contributed by atoms with van der Waals surface area (Å²) in [5, 5.41) is 10.2. The predicted octanol–water partition coefficient (Wildman–Crippen LogP) is 2.06. The number of carbonyl (C=O) groups is 2. The van der Waals surface area contributed by atoms with Gasteiger partial charge in [-0.25, -0.2) is 4.98 Å². The van der Waals surface area contributed by atoms with Gasteiger partial charge in [0.15, 0.2) is 5.69 Å². The summed E-state index contributed by atoms with van der Waals surface area (Å²) < 4.78 is 5.63. The number of aliphatic hydroxyl groups excluding tert-OH is 1. The minimum absolute atomic E-state index is 0.138. The van der Waals surface area contributed by atoms with Crippen molar-refractivity contribution in [1.29, 1.82) is 0 Å². The number of piperazine rings is 1. The van der Waals surface area contributed by atoms with E-state index in [0.717, 1.165) is 64.8 Å². The Morgan fingerprint density at radius 3 is 2.53 bits per heavy atom. The van der Waals surface area contributed by atoms with Gasteiger partial charge in [-0.15, -0.1) is 0 Å². The Balaban J connectivity index is 1.47. The van der Waals surface area contributed by atoms with Crippen LogP contribution in [0.5, 0.6) is 0 Å². The lowest BCUT2D eigenvalue weighted by Crippen LogP contribution is -2.48. The predicted molar refractivity (Wildman–Crippen MR) is 130 cm³/mol. The number of carbonyl (C=O) groups excluding carboxylic acids is 2. The van der Waals surface area contributed by atoms with Crippen LogP contribution in [0.15, 0.2) is 10.7 Å². The van der Waals surface area contributed by atoms with Crippen molar-refractivity contribution in [2.75, 3.05) is 58.9 Å². The van der Waals surface area contributed by atoms with Crippen molar-refractivity contribution in [3.8, 4) is 0 Å². The Bertz CT molecular complexity index is 773. The highest BCUT2D eigenvalue weighted by atomic mass is 16.3. The van der Waals surface area contributed by atoms with Gasteiger partial charge in [0, 0.05) is 58.9 Å². The number of amides is 2. The average molecular weight is 478 g/mol. The molecule has 0 aliphatic carbocycles. The fourth-order valence-corrected chi connectivity index (χ4v) is 4.95. The molecule has 2 aliphatic rings. The van der Waals surface area contributed by atoms with Crippen molar-refractivity contribution in [3.05, 3.63) is 17.8 Å². The van der Waals surface area contributed by atoms with E-state index in [-0.39, 0.29) is 23.8 Å². The van der Waals surface area contributed by atoms with Crippen LogP contribution in [0.1, 0.15) is 69.3 Å². The molecule has 0 spiro atoms. The molecule has 9 heteroatoms. The first-order valence-electron chi connectivity index (χ1n) is 13.1. The van der Waals surface area contributed by atoms with Gasteiger partial charge in [0.25, 0.3) is 5.91 Å². The molecule has 3 heterocycles. The molecule has 2 aliphatic heterocycles. The topological polar surface area (TPSA) is 93.4 Å². The summed E-state index contributed by atoms with van der Waals surface area (Å²) in [7, 11) is 0. The number of nitrogens with zero attached hydrogens (tertiary/aromatic N) is 5. The number of hydrogen-bond acceptors (Lipinski definition) is 7. The number of hydrogen-bond donors (Lipinski definition) is 1. The second kappa shape index (κ2) is 13.2. The maximum Gasteiger partial charge on any atom is 0.275 e. The van der Waals surface area contributed by atoms with E-state index in [1.54, 1.807) is 4.90 Å². The van der Waals surface area contributed by atoms with Gasteiger partial charge >= 0.3 is 0 Å². The molecule has 192 valence electrons.